The van der Waals surface area contributed by atoms with Gasteiger partial charge in [0.25, 0.3) is 5.91 Å². The monoisotopic (exact) mass is 527 g/mol. The number of rotatable bonds is 7. The lowest BCUT2D eigenvalue weighted by Crippen LogP contribution is -2.34. The van der Waals surface area contributed by atoms with Gasteiger partial charge in [0.1, 0.15) is 4.88 Å². The fraction of sp³-hybridized carbons (Fsp3) is 0.462. The first-order valence-electron chi connectivity index (χ1n) is 12.0. The van der Waals surface area contributed by atoms with Gasteiger partial charge in [-0.25, -0.2) is 15.0 Å². The van der Waals surface area contributed by atoms with Crippen LogP contribution in [0.25, 0.3) is 11.3 Å². The maximum atomic E-state index is 12.6. The van der Waals surface area contributed by atoms with E-state index in [2.05, 4.69) is 52.4 Å². The zero-order valence-electron chi connectivity index (χ0n) is 21.0. The molecule has 0 radical (unpaired) electrons. The average Bonchev–Trinajstić information content (AvgIpc) is 3.33. The summed E-state index contributed by atoms with van der Waals surface area (Å²) in [6, 6.07) is 7.92. The fourth-order valence-electron chi connectivity index (χ4n) is 3.98. The molecule has 0 aliphatic carbocycles. The molecule has 1 unspecified atom stereocenters. The summed E-state index contributed by atoms with van der Waals surface area (Å²) in [5.41, 5.74) is 3.77. The molecule has 1 atom stereocenters. The van der Waals surface area contributed by atoms with E-state index in [1.807, 2.05) is 25.1 Å². The quantitative estimate of drug-likeness (QED) is 0.335. The van der Waals surface area contributed by atoms with Gasteiger partial charge in [0, 0.05) is 36.7 Å². The molecular weight excluding hydrogens is 494 g/mol. The van der Waals surface area contributed by atoms with Gasteiger partial charge in [-0.05, 0) is 48.3 Å². The van der Waals surface area contributed by atoms with Crippen molar-refractivity contribution in [2.45, 2.75) is 57.6 Å². The number of hydrogen-bond donors (Lipinski definition) is 4. The Morgan fingerprint density at radius 2 is 2.03 bits per heavy atom. The number of carbonyl (C=O) groups excluding carboxylic acids is 1. The van der Waals surface area contributed by atoms with Gasteiger partial charge in [0.05, 0.1) is 16.9 Å². The van der Waals surface area contributed by atoms with Crippen LogP contribution in [0.15, 0.2) is 36.7 Å². The Morgan fingerprint density at radius 1 is 1.22 bits per heavy atom. The molecule has 3 aromatic rings. The molecule has 0 saturated carbocycles. The maximum Gasteiger partial charge on any atom is 0.263 e. The Balaban J connectivity index is 1.36. The van der Waals surface area contributed by atoms with E-state index in [4.69, 9.17) is 0 Å². The Labute approximate surface area is 220 Å². The first-order valence-corrected chi connectivity index (χ1v) is 13.8. The molecule has 0 bridgehead atoms. The van der Waals surface area contributed by atoms with Crippen LogP contribution in [0.5, 0.6) is 0 Å². The largest absolute Gasteiger partial charge is 0.357 e. The Morgan fingerprint density at radius 3 is 2.72 bits per heavy atom. The zero-order valence-corrected chi connectivity index (χ0v) is 22.7. The van der Waals surface area contributed by atoms with Crippen LogP contribution in [0.1, 0.15) is 59.4 Å². The number of aliphatic hydroxyl groups is 2. The summed E-state index contributed by atoms with van der Waals surface area (Å²) in [5, 5.41) is 25.3. The number of nitrogens with zero attached hydrogens (tertiary/aromatic N) is 3. The van der Waals surface area contributed by atoms with Crippen molar-refractivity contribution in [3.63, 3.8) is 0 Å². The lowest BCUT2D eigenvalue weighted by atomic mass is 9.98. The van der Waals surface area contributed by atoms with Gasteiger partial charge in [-0.3, -0.25) is 4.79 Å². The van der Waals surface area contributed by atoms with Crippen molar-refractivity contribution >= 4 is 35.0 Å². The minimum absolute atomic E-state index is 0.0776. The predicted octanol–water partition coefficient (Wildman–Crippen LogP) is 4.33. The van der Waals surface area contributed by atoms with Gasteiger partial charge < -0.3 is 20.8 Å². The number of thiazole rings is 1. The predicted molar refractivity (Wildman–Crippen MR) is 145 cm³/mol. The molecule has 2 aromatic heterocycles. The molecule has 192 valence electrons. The van der Waals surface area contributed by atoms with E-state index >= 15 is 0 Å². The van der Waals surface area contributed by atoms with E-state index in [0.717, 1.165) is 33.8 Å². The molecule has 0 spiro atoms. The molecule has 8 nitrogen and oxygen atoms in total. The van der Waals surface area contributed by atoms with E-state index in [9.17, 15) is 15.0 Å². The lowest BCUT2D eigenvalue weighted by Gasteiger charge is -2.31. The number of nitrogens with one attached hydrogen (secondary N) is 2. The van der Waals surface area contributed by atoms with Crippen LogP contribution in [0.3, 0.4) is 0 Å². The molecular formula is C26H33N5O3S2. The van der Waals surface area contributed by atoms with Crippen LogP contribution >= 0.6 is 23.1 Å². The van der Waals surface area contributed by atoms with Crippen molar-refractivity contribution < 1.29 is 15.0 Å². The van der Waals surface area contributed by atoms with Crippen LogP contribution < -0.4 is 10.6 Å². The van der Waals surface area contributed by atoms with Gasteiger partial charge >= 0.3 is 0 Å². The lowest BCUT2D eigenvalue weighted by molar-refractivity contribution is -0.0938. The molecule has 4 N–H and O–H groups in total. The fourth-order valence-corrected chi connectivity index (χ4v) is 6.00. The minimum atomic E-state index is -1.65. The van der Waals surface area contributed by atoms with Crippen LogP contribution in [0, 0.1) is 12.8 Å². The molecule has 1 amide bonds. The number of anilines is 1. The minimum Gasteiger partial charge on any atom is -0.357 e. The van der Waals surface area contributed by atoms with Crippen LogP contribution in [0.2, 0.25) is 0 Å². The summed E-state index contributed by atoms with van der Waals surface area (Å²) in [5.74, 6) is 1.26. The molecule has 1 saturated heterocycles. The Bertz CT molecular complexity index is 1220. The van der Waals surface area contributed by atoms with Gasteiger partial charge in [0.15, 0.2) is 0 Å². The molecule has 1 aromatic carbocycles. The highest BCUT2D eigenvalue weighted by Gasteiger charge is 2.32. The van der Waals surface area contributed by atoms with Gasteiger partial charge in [-0.15, -0.1) is 11.3 Å². The normalized spacial score (nSPS) is 17.6. The highest BCUT2D eigenvalue weighted by Crippen LogP contribution is 2.35. The van der Waals surface area contributed by atoms with Crippen molar-refractivity contribution in [3.8, 4) is 11.3 Å². The molecule has 10 heteroatoms. The second kappa shape index (κ2) is 10.8. The van der Waals surface area contributed by atoms with Crippen molar-refractivity contribution in [2.75, 3.05) is 17.6 Å². The summed E-state index contributed by atoms with van der Waals surface area (Å²) < 4.78 is 0. The van der Waals surface area contributed by atoms with Crippen molar-refractivity contribution in [2.24, 2.45) is 5.92 Å². The van der Waals surface area contributed by atoms with Crippen molar-refractivity contribution in [1.82, 2.24) is 20.3 Å². The number of benzene rings is 1. The second-order valence-electron chi connectivity index (χ2n) is 10.2. The topological polar surface area (TPSA) is 120 Å². The summed E-state index contributed by atoms with van der Waals surface area (Å²) >= 11 is 2.61. The van der Waals surface area contributed by atoms with E-state index in [1.54, 1.807) is 12.4 Å². The summed E-state index contributed by atoms with van der Waals surface area (Å²) in [6.45, 7) is 9.29. The zero-order chi connectivity index (χ0) is 25.9. The van der Waals surface area contributed by atoms with E-state index < -0.39 is 5.12 Å². The third-order valence-electron chi connectivity index (χ3n) is 6.07. The standard InChI is InChI=1S/C26H33N5O3S2/c1-16-11-18(5-6-19(16)14-28-22(32)21-15-29-23(36-21)25(2,3)4)20-7-9-27-24(31-20)30-13-17-8-10-35-26(33,34)12-17/h5-7,9,11,15,17,33-34H,8,10,12-14H2,1-4H3,(H,28,32)(H,27,30,31). The maximum absolute atomic E-state index is 12.6. The molecule has 4 rings (SSSR count). The average molecular weight is 528 g/mol. The van der Waals surface area contributed by atoms with Crippen molar-refractivity contribution in [3.05, 3.63) is 57.7 Å². The van der Waals surface area contributed by atoms with E-state index in [-0.39, 0.29) is 17.2 Å². The summed E-state index contributed by atoms with van der Waals surface area (Å²) in [6.07, 6.45) is 4.60. The summed E-state index contributed by atoms with van der Waals surface area (Å²) in [7, 11) is 0. The van der Waals surface area contributed by atoms with Crippen LogP contribution in [0.4, 0.5) is 5.95 Å². The summed E-state index contributed by atoms with van der Waals surface area (Å²) in [4.78, 5) is 26.6. The molecule has 1 aliphatic heterocycles. The number of hydrogen-bond acceptors (Lipinski definition) is 9. The van der Waals surface area contributed by atoms with Crippen molar-refractivity contribution in [1.29, 1.82) is 0 Å². The molecule has 1 aliphatic rings. The number of aryl methyl sites for hydroxylation is 1. The molecule has 1 fully saturated rings. The van der Waals surface area contributed by atoms with Gasteiger partial charge in [-0.1, -0.05) is 44.7 Å². The molecule has 3 heterocycles. The first kappa shape index (κ1) is 26.5. The number of amides is 1. The SMILES string of the molecule is Cc1cc(-c2ccnc(NCC3CCSC(O)(O)C3)n2)ccc1CNC(=O)c1cnc(C(C)(C)C)s1. The molecule has 36 heavy (non-hydrogen) atoms. The van der Waals surface area contributed by atoms with Crippen LogP contribution in [-0.2, 0) is 12.0 Å². The second-order valence-corrected chi connectivity index (χ2v) is 12.6. The Kier molecular flexibility index (Phi) is 7.99. The highest BCUT2D eigenvalue weighted by atomic mass is 32.2. The Hall–Kier alpha value is -2.53. The number of aromatic nitrogens is 3. The number of thioether (sulfide) groups is 1. The first-order chi connectivity index (χ1) is 17.0. The van der Waals surface area contributed by atoms with Gasteiger partial charge in [0.2, 0.25) is 11.1 Å². The smallest absolute Gasteiger partial charge is 0.263 e. The highest BCUT2D eigenvalue weighted by molar-refractivity contribution is 8.00. The van der Waals surface area contributed by atoms with E-state index in [1.165, 1.54) is 23.1 Å². The van der Waals surface area contributed by atoms with Crippen LogP contribution in [-0.4, -0.2) is 48.5 Å². The third kappa shape index (κ3) is 6.82. The van der Waals surface area contributed by atoms with E-state index in [0.29, 0.717) is 36.1 Å². The number of carbonyl (C=O) groups is 1. The third-order valence-corrected chi connectivity index (χ3v) is 8.56. The van der Waals surface area contributed by atoms with Gasteiger partial charge in [-0.2, -0.15) is 0 Å².